The predicted octanol–water partition coefficient (Wildman–Crippen LogP) is 0.275. The summed E-state index contributed by atoms with van der Waals surface area (Å²) in [5, 5.41) is 13.5. The van der Waals surface area contributed by atoms with Gasteiger partial charge in [0.1, 0.15) is 10.3 Å². The van der Waals surface area contributed by atoms with Crippen LogP contribution in [0.1, 0.15) is 31.2 Å². The fourth-order valence-corrected chi connectivity index (χ4v) is 3.50. The van der Waals surface area contributed by atoms with Crippen LogP contribution >= 0.6 is 11.3 Å². The second-order valence-electron chi connectivity index (χ2n) is 4.50. The number of amides is 1. The molecule has 1 atom stereocenters. The Morgan fingerprint density at radius 3 is 2.79 bits per heavy atom. The van der Waals surface area contributed by atoms with Crippen LogP contribution in [-0.4, -0.2) is 36.3 Å². The summed E-state index contributed by atoms with van der Waals surface area (Å²) in [6.07, 6.45) is 2.82. The van der Waals surface area contributed by atoms with Gasteiger partial charge in [0.25, 0.3) is 0 Å². The van der Waals surface area contributed by atoms with Crippen LogP contribution in [0.3, 0.4) is 0 Å². The molecule has 2 rings (SSSR count). The van der Waals surface area contributed by atoms with Crippen molar-refractivity contribution in [3.63, 3.8) is 0 Å². The number of carbonyl (C=O) groups is 1. The molecule has 9 heteroatoms. The van der Waals surface area contributed by atoms with E-state index in [2.05, 4.69) is 17.1 Å². The fourth-order valence-electron chi connectivity index (χ4n) is 1.86. The third-order valence-electron chi connectivity index (χ3n) is 2.99. The maximum atomic E-state index is 11.8. The van der Waals surface area contributed by atoms with Crippen molar-refractivity contribution in [2.75, 3.05) is 11.4 Å². The van der Waals surface area contributed by atoms with Crippen molar-refractivity contribution in [1.82, 2.24) is 10.2 Å². The summed E-state index contributed by atoms with van der Waals surface area (Å²) in [7, 11) is -3.69. The van der Waals surface area contributed by atoms with Crippen LogP contribution in [-0.2, 0) is 21.2 Å². The lowest BCUT2D eigenvalue weighted by Crippen LogP contribution is -2.32. The lowest BCUT2D eigenvalue weighted by Gasteiger charge is -2.10. The lowest BCUT2D eigenvalue weighted by molar-refractivity contribution is -0.117. The minimum atomic E-state index is -3.69. The molecule has 1 aliphatic heterocycles. The van der Waals surface area contributed by atoms with Gasteiger partial charge in [-0.05, 0) is 6.42 Å². The highest BCUT2D eigenvalue weighted by Gasteiger charge is 2.38. The largest absolute Gasteiger partial charge is 0.285 e. The molecule has 0 aromatic carbocycles. The third-order valence-corrected chi connectivity index (χ3v) is 5.24. The molecule has 19 heavy (non-hydrogen) atoms. The smallest absolute Gasteiger partial charge is 0.230 e. The van der Waals surface area contributed by atoms with Gasteiger partial charge in [-0.15, -0.1) is 10.2 Å². The molecule has 1 fully saturated rings. The summed E-state index contributed by atoms with van der Waals surface area (Å²) in [6.45, 7) is 2.16. The van der Waals surface area contributed by atoms with Gasteiger partial charge in [-0.3, -0.25) is 9.69 Å². The SMILES string of the molecule is CCCCc1nnc(N2CC(S(N)(=O)=O)CC2=O)s1. The zero-order valence-electron chi connectivity index (χ0n) is 10.6. The maximum Gasteiger partial charge on any atom is 0.230 e. The van der Waals surface area contributed by atoms with E-state index in [1.807, 2.05) is 0 Å². The van der Waals surface area contributed by atoms with Gasteiger partial charge in [-0.2, -0.15) is 0 Å². The Kier molecular flexibility index (Phi) is 4.16. The number of sulfonamides is 1. The van der Waals surface area contributed by atoms with Crippen LogP contribution < -0.4 is 10.0 Å². The van der Waals surface area contributed by atoms with Gasteiger partial charge in [-0.25, -0.2) is 13.6 Å². The predicted molar refractivity (Wildman–Crippen MR) is 72.4 cm³/mol. The van der Waals surface area contributed by atoms with E-state index in [0.717, 1.165) is 24.3 Å². The van der Waals surface area contributed by atoms with E-state index < -0.39 is 15.3 Å². The number of rotatable bonds is 5. The molecule has 1 saturated heterocycles. The fraction of sp³-hybridized carbons (Fsp3) is 0.700. The van der Waals surface area contributed by atoms with Crippen molar-refractivity contribution in [3.8, 4) is 0 Å². The Balaban J connectivity index is 2.10. The number of aromatic nitrogens is 2. The minimum absolute atomic E-state index is 0.0695. The lowest BCUT2D eigenvalue weighted by atomic mass is 10.3. The quantitative estimate of drug-likeness (QED) is 0.840. The Morgan fingerprint density at radius 2 is 2.21 bits per heavy atom. The first kappa shape index (κ1) is 14.4. The molecule has 1 aliphatic rings. The van der Waals surface area contributed by atoms with E-state index in [-0.39, 0.29) is 18.9 Å². The number of hydrogen-bond acceptors (Lipinski definition) is 6. The Labute approximate surface area is 115 Å². The molecule has 1 unspecified atom stereocenters. The van der Waals surface area contributed by atoms with Crippen molar-refractivity contribution in [3.05, 3.63) is 5.01 Å². The Hall–Kier alpha value is -1.06. The Morgan fingerprint density at radius 1 is 1.47 bits per heavy atom. The van der Waals surface area contributed by atoms with Gasteiger partial charge in [-0.1, -0.05) is 24.7 Å². The number of primary sulfonamides is 1. The van der Waals surface area contributed by atoms with Crippen LogP contribution in [0, 0.1) is 0 Å². The van der Waals surface area contributed by atoms with Gasteiger partial charge in [0.05, 0.1) is 0 Å². The van der Waals surface area contributed by atoms with Crippen LogP contribution in [0.15, 0.2) is 0 Å². The van der Waals surface area contributed by atoms with Crippen molar-refractivity contribution in [2.45, 2.75) is 37.9 Å². The van der Waals surface area contributed by atoms with E-state index >= 15 is 0 Å². The highest BCUT2D eigenvalue weighted by Crippen LogP contribution is 2.27. The molecule has 0 radical (unpaired) electrons. The average Bonchev–Trinajstić information content (AvgIpc) is 2.91. The monoisotopic (exact) mass is 304 g/mol. The molecule has 2 N–H and O–H groups in total. The van der Waals surface area contributed by atoms with Gasteiger partial charge in [0, 0.05) is 19.4 Å². The molecular formula is C10H16N4O3S2. The normalized spacial score (nSPS) is 20.2. The summed E-state index contributed by atoms with van der Waals surface area (Å²) in [4.78, 5) is 13.2. The average molecular weight is 304 g/mol. The van der Waals surface area contributed by atoms with Crippen LogP contribution in [0.5, 0.6) is 0 Å². The van der Waals surface area contributed by atoms with Gasteiger partial charge in [0.2, 0.25) is 21.1 Å². The standard InChI is InChI=1S/C10H16N4O3S2/c1-2-3-4-8-12-13-10(18-8)14-6-7(5-9(14)15)19(11,16)17/h7H,2-6H2,1H3,(H2,11,16,17). The van der Waals surface area contributed by atoms with Crippen molar-refractivity contribution < 1.29 is 13.2 Å². The number of carbonyl (C=O) groups excluding carboxylic acids is 1. The molecule has 0 spiro atoms. The second-order valence-corrected chi connectivity index (χ2v) is 7.39. The van der Waals surface area contributed by atoms with Crippen molar-refractivity contribution in [2.24, 2.45) is 5.14 Å². The van der Waals surface area contributed by atoms with Crippen LogP contribution in [0.2, 0.25) is 0 Å². The van der Waals surface area contributed by atoms with Crippen LogP contribution in [0.25, 0.3) is 0 Å². The summed E-state index contributed by atoms with van der Waals surface area (Å²) in [5.41, 5.74) is 0. The highest BCUT2D eigenvalue weighted by molar-refractivity contribution is 7.89. The van der Waals surface area contributed by atoms with E-state index in [1.54, 1.807) is 0 Å². The molecule has 2 heterocycles. The van der Waals surface area contributed by atoms with Gasteiger partial charge in [0.15, 0.2) is 0 Å². The number of anilines is 1. The van der Waals surface area contributed by atoms with Crippen molar-refractivity contribution in [1.29, 1.82) is 0 Å². The number of hydrogen-bond donors (Lipinski definition) is 1. The first-order chi connectivity index (χ1) is 8.91. The summed E-state index contributed by atoms with van der Waals surface area (Å²) >= 11 is 1.33. The first-order valence-corrected chi connectivity index (χ1v) is 8.48. The number of aryl methyl sites for hydroxylation is 1. The molecular weight excluding hydrogens is 288 g/mol. The summed E-state index contributed by atoms with van der Waals surface area (Å²) in [5.74, 6) is -0.266. The summed E-state index contributed by atoms with van der Waals surface area (Å²) < 4.78 is 22.5. The molecule has 7 nitrogen and oxygen atoms in total. The van der Waals surface area contributed by atoms with E-state index in [0.29, 0.717) is 5.13 Å². The first-order valence-electron chi connectivity index (χ1n) is 6.06. The number of unbranched alkanes of at least 4 members (excludes halogenated alkanes) is 1. The van der Waals surface area contributed by atoms with E-state index in [9.17, 15) is 13.2 Å². The van der Waals surface area contributed by atoms with Gasteiger partial charge >= 0.3 is 0 Å². The van der Waals surface area contributed by atoms with Gasteiger partial charge < -0.3 is 0 Å². The van der Waals surface area contributed by atoms with E-state index in [4.69, 9.17) is 5.14 Å². The molecule has 1 amide bonds. The third kappa shape index (κ3) is 3.28. The number of nitrogens with zero attached hydrogens (tertiary/aromatic N) is 3. The molecule has 1 aromatic heterocycles. The topological polar surface area (TPSA) is 106 Å². The molecule has 0 saturated carbocycles. The second kappa shape index (κ2) is 5.51. The minimum Gasteiger partial charge on any atom is -0.285 e. The highest BCUT2D eigenvalue weighted by atomic mass is 32.2. The van der Waals surface area contributed by atoms with E-state index in [1.165, 1.54) is 16.2 Å². The van der Waals surface area contributed by atoms with Crippen molar-refractivity contribution >= 4 is 32.4 Å². The zero-order valence-corrected chi connectivity index (χ0v) is 12.2. The number of nitrogens with two attached hydrogens (primary N) is 1. The Bertz CT molecular complexity index is 569. The zero-order chi connectivity index (χ0) is 14.0. The molecule has 1 aromatic rings. The summed E-state index contributed by atoms with van der Waals surface area (Å²) in [6, 6.07) is 0. The molecule has 106 valence electrons. The molecule has 0 aliphatic carbocycles. The van der Waals surface area contributed by atoms with Crippen LogP contribution in [0.4, 0.5) is 5.13 Å². The maximum absolute atomic E-state index is 11.8. The molecule has 0 bridgehead atoms.